The second-order valence-electron chi connectivity index (χ2n) is 4.97. The van der Waals surface area contributed by atoms with Gasteiger partial charge in [0.2, 0.25) is 0 Å². The normalized spacial score (nSPS) is 16.0. The van der Waals surface area contributed by atoms with Gasteiger partial charge in [-0.15, -0.1) is 0 Å². The highest BCUT2D eigenvalue weighted by Gasteiger charge is 2.31. The van der Waals surface area contributed by atoms with E-state index < -0.39 is 5.97 Å². The van der Waals surface area contributed by atoms with Crippen molar-refractivity contribution in [3.05, 3.63) is 34.7 Å². The van der Waals surface area contributed by atoms with Crippen LogP contribution < -0.4 is 4.74 Å². The first-order valence-corrected chi connectivity index (χ1v) is 8.54. The van der Waals surface area contributed by atoms with Crippen molar-refractivity contribution in [1.82, 2.24) is 4.90 Å². The molecule has 0 radical (unpaired) electrons. The first-order chi connectivity index (χ1) is 11.5. The maximum atomic E-state index is 12.4. The van der Waals surface area contributed by atoms with Crippen LogP contribution in [0.1, 0.15) is 18.4 Å². The van der Waals surface area contributed by atoms with Crippen molar-refractivity contribution < 1.29 is 24.5 Å². The molecule has 0 unspecified atom stereocenters. The van der Waals surface area contributed by atoms with Gasteiger partial charge >= 0.3 is 5.97 Å². The van der Waals surface area contributed by atoms with Gasteiger partial charge in [0.15, 0.2) is 0 Å². The molecule has 1 saturated heterocycles. The Morgan fingerprint density at radius 3 is 2.67 bits per heavy atom. The van der Waals surface area contributed by atoms with E-state index in [1.807, 2.05) is 12.1 Å². The Bertz CT molecular complexity index is 657. The van der Waals surface area contributed by atoms with Gasteiger partial charge in [-0.05, 0) is 30.2 Å². The van der Waals surface area contributed by atoms with Crippen LogP contribution in [0.4, 0.5) is 0 Å². The highest BCUT2D eigenvalue weighted by atomic mass is 32.2. The largest absolute Gasteiger partial charge is 0.491 e. The number of carbonyl (C=O) groups excluding carboxylic acids is 1. The summed E-state index contributed by atoms with van der Waals surface area (Å²) in [5.41, 5.74) is 0.831. The topological polar surface area (TPSA) is 87.1 Å². The molecule has 1 aliphatic heterocycles. The van der Waals surface area contributed by atoms with Crippen LogP contribution in [-0.2, 0) is 9.59 Å². The lowest BCUT2D eigenvalue weighted by Crippen LogP contribution is -2.29. The fraction of sp³-hybridized carbons (Fsp3) is 0.312. The van der Waals surface area contributed by atoms with E-state index in [2.05, 4.69) is 0 Å². The lowest BCUT2D eigenvalue weighted by Gasteiger charge is -2.13. The molecule has 1 aromatic rings. The van der Waals surface area contributed by atoms with Crippen molar-refractivity contribution in [2.24, 2.45) is 0 Å². The summed E-state index contributed by atoms with van der Waals surface area (Å²) in [6, 6.07) is 7.14. The minimum absolute atomic E-state index is 0.00537. The summed E-state index contributed by atoms with van der Waals surface area (Å²) in [5, 5.41) is 17.4. The molecule has 0 bridgehead atoms. The Morgan fingerprint density at radius 1 is 1.33 bits per heavy atom. The molecule has 128 valence electrons. The zero-order chi connectivity index (χ0) is 17.5. The number of hydrogen-bond acceptors (Lipinski definition) is 6. The summed E-state index contributed by atoms with van der Waals surface area (Å²) in [6.45, 7) is 0.489. The van der Waals surface area contributed by atoms with Gasteiger partial charge in [-0.25, -0.2) is 0 Å². The van der Waals surface area contributed by atoms with Crippen LogP contribution in [0.3, 0.4) is 0 Å². The predicted molar refractivity (Wildman–Crippen MR) is 95.8 cm³/mol. The van der Waals surface area contributed by atoms with Crippen LogP contribution in [0.2, 0.25) is 0 Å². The fourth-order valence-electron chi connectivity index (χ4n) is 2.06. The first kappa shape index (κ1) is 18.4. The Balaban J connectivity index is 2.01. The van der Waals surface area contributed by atoms with E-state index in [0.29, 0.717) is 27.9 Å². The highest BCUT2D eigenvalue weighted by molar-refractivity contribution is 8.26. The molecule has 0 atom stereocenters. The Kier molecular flexibility index (Phi) is 6.77. The van der Waals surface area contributed by atoms with Gasteiger partial charge in [-0.3, -0.25) is 14.5 Å². The number of carboxylic acids is 1. The standard InChI is InChI=1S/C16H17NO5S2/c18-8-9-22-12-5-3-11(4-6-12)10-13-15(21)17(16(23)24-13)7-1-2-14(19)20/h3-6,10,18H,1-2,7-9H2,(H,19,20). The Morgan fingerprint density at radius 2 is 2.04 bits per heavy atom. The molecule has 1 amide bonds. The molecule has 0 aromatic heterocycles. The molecule has 1 aliphatic rings. The van der Waals surface area contributed by atoms with Crippen molar-refractivity contribution in [3.8, 4) is 5.75 Å². The van der Waals surface area contributed by atoms with Gasteiger partial charge in [0.25, 0.3) is 5.91 Å². The molecule has 1 fully saturated rings. The first-order valence-electron chi connectivity index (χ1n) is 7.32. The van der Waals surface area contributed by atoms with E-state index in [4.69, 9.17) is 27.2 Å². The minimum atomic E-state index is -0.889. The van der Waals surface area contributed by atoms with Gasteiger partial charge < -0.3 is 14.9 Å². The van der Waals surface area contributed by atoms with Crippen molar-refractivity contribution >= 4 is 46.3 Å². The number of aliphatic hydroxyl groups is 1. The maximum Gasteiger partial charge on any atom is 0.303 e. The number of nitrogens with zero attached hydrogens (tertiary/aromatic N) is 1. The number of carbonyl (C=O) groups is 2. The third-order valence-electron chi connectivity index (χ3n) is 3.18. The molecule has 2 rings (SSSR count). The fourth-order valence-corrected chi connectivity index (χ4v) is 3.36. The number of carboxylic acid groups (broad SMARTS) is 1. The number of hydrogen-bond donors (Lipinski definition) is 2. The third kappa shape index (κ3) is 5.05. The molecule has 0 spiro atoms. The lowest BCUT2D eigenvalue weighted by molar-refractivity contribution is -0.137. The predicted octanol–water partition coefficient (Wildman–Crippen LogP) is 2.12. The van der Waals surface area contributed by atoms with E-state index >= 15 is 0 Å². The summed E-state index contributed by atoms with van der Waals surface area (Å²) < 4.78 is 5.72. The quantitative estimate of drug-likeness (QED) is 0.537. The summed E-state index contributed by atoms with van der Waals surface area (Å²) in [5.74, 6) is -0.446. The van der Waals surface area contributed by atoms with E-state index in [1.54, 1.807) is 18.2 Å². The van der Waals surface area contributed by atoms with Crippen molar-refractivity contribution in [3.63, 3.8) is 0 Å². The average molecular weight is 367 g/mol. The van der Waals surface area contributed by atoms with Crippen molar-refractivity contribution in [1.29, 1.82) is 0 Å². The average Bonchev–Trinajstić information content (AvgIpc) is 2.81. The molecule has 6 nitrogen and oxygen atoms in total. The van der Waals surface area contributed by atoms with Gasteiger partial charge in [-0.1, -0.05) is 36.1 Å². The number of thiocarbonyl (C=S) groups is 1. The van der Waals surface area contributed by atoms with E-state index in [9.17, 15) is 9.59 Å². The molecular weight excluding hydrogens is 350 g/mol. The van der Waals surface area contributed by atoms with Crippen molar-refractivity contribution in [2.75, 3.05) is 19.8 Å². The van der Waals surface area contributed by atoms with Gasteiger partial charge in [-0.2, -0.15) is 0 Å². The number of thioether (sulfide) groups is 1. The smallest absolute Gasteiger partial charge is 0.303 e. The zero-order valence-electron chi connectivity index (χ0n) is 12.8. The highest BCUT2D eigenvalue weighted by Crippen LogP contribution is 2.32. The monoisotopic (exact) mass is 367 g/mol. The number of aliphatic hydroxyl groups excluding tert-OH is 1. The molecule has 2 N–H and O–H groups in total. The summed E-state index contributed by atoms with van der Waals surface area (Å²) in [6.07, 6.45) is 2.11. The Hall–Kier alpha value is -1.90. The van der Waals surface area contributed by atoms with E-state index in [0.717, 1.165) is 5.56 Å². The van der Waals surface area contributed by atoms with Crippen LogP contribution in [-0.4, -0.2) is 51.1 Å². The summed E-state index contributed by atoms with van der Waals surface area (Å²) in [4.78, 5) is 24.9. The molecule has 0 saturated carbocycles. The molecule has 1 aromatic carbocycles. The molecule has 0 aliphatic carbocycles. The number of rotatable bonds is 8. The number of aliphatic carboxylic acids is 1. The lowest BCUT2D eigenvalue weighted by atomic mass is 10.2. The van der Waals surface area contributed by atoms with Crippen LogP contribution >= 0.6 is 24.0 Å². The second kappa shape index (κ2) is 8.81. The van der Waals surface area contributed by atoms with Crippen LogP contribution in [0.5, 0.6) is 5.75 Å². The number of amides is 1. The molecule has 24 heavy (non-hydrogen) atoms. The molecule has 8 heteroatoms. The molecule has 1 heterocycles. The second-order valence-corrected chi connectivity index (χ2v) is 6.65. The SMILES string of the molecule is O=C(O)CCCN1C(=O)C(=Cc2ccc(OCCO)cc2)SC1=S. The molecular formula is C16H17NO5S2. The number of ether oxygens (including phenoxy) is 1. The van der Waals surface area contributed by atoms with E-state index in [-0.39, 0.29) is 25.5 Å². The Labute approximate surface area is 149 Å². The van der Waals surface area contributed by atoms with Gasteiger partial charge in [0, 0.05) is 13.0 Å². The third-order valence-corrected chi connectivity index (χ3v) is 4.56. The van der Waals surface area contributed by atoms with Gasteiger partial charge in [0.1, 0.15) is 16.7 Å². The van der Waals surface area contributed by atoms with Crippen LogP contribution in [0.15, 0.2) is 29.2 Å². The van der Waals surface area contributed by atoms with Gasteiger partial charge in [0.05, 0.1) is 11.5 Å². The van der Waals surface area contributed by atoms with Crippen LogP contribution in [0, 0.1) is 0 Å². The van der Waals surface area contributed by atoms with Crippen molar-refractivity contribution in [2.45, 2.75) is 12.8 Å². The summed E-state index contributed by atoms with van der Waals surface area (Å²) >= 11 is 6.41. The number of benzene rings is 1. The zero-order valence-corrected chi connectivity index (χ0v) is 14.4. The maximum absolute atomic E-state index is 12.4. The van der Waals surface area contributed by atoms with E-state index in [1.165, 1.54) is 16.7 Å². The van der Waals surface area contributed by atoms with Crippen LogP contribution in [0.25, 0.3) is 6.08 Å². The minimum Gasteiger partial charge on any atom is -0.491 e. The summed E-state index contributed by atoms with van der Waals surface area (Å²) in [7, 11) is 0.